The monoisotopic (exact) mass is 374 g/mol. The molecule has 6 nitrogen and oxygen atoms in total. The van der Waals surface area contributed by atoms with Gasteiger partial charge < -0.3 is 15.4 Å². The molecule has 1 aliphatic carbocycles. The van der Waals surface area contributed by atoms with E-state index < -0.39 is 30.1 Å². The molecule has 2 aromatic rings. The lowest BCUT2D eigenvalue weighted by Gasteiger charge is -2.09. The molecular weight excluding hydrogens is 358 g/mol. The van der Waals surface area contributed by atoms with E-state index in [1.54, 1.807) is 18.2 Å². The van der Waals surface area contributed by atoms with Crippen LogP contribution in [0, 0.1) is 11.6 Å². The van der Waals surface area contributed by atoms with Gasteiger partial charge in [-0.3, -0.25) is 9.59 Å². The summed E-state index contributed by atoms with van der Waals surface area (Å²) in [7, 11) is 0. The van der Waals surface area contributed by atoms with Crippen molar-refractivity contribution >= 4 is 23.5 Å². The zero-order valence-electron chi connectivity index (χ0n) is 14.1. The third-order valence-electron chi connectivity index (χ3n) is 3.81. The largest absolute Gasteiger partial charge is 0.452 e. The molecule has 2 aromatic carbocycles. The minimum absolute atomic E-state index is 0.208. The molecule has 0 saturated heterocycles. The zero-order chi connectivity index (χ0) is 19.4. The van der Waals surface area contributed by atoms with Crippen molar-refractivity contribution in [2.24, 2.45) is 0 Å². The number of hydrogen-bond donors (Lipinski definition) is 2. The first kappa shape index (κ1) is 18.5. The van der Waals surface area contributed by atoms with Crippen molar-refractivity contribution in [2.75, 3.05) is 11.9 Å². The van der Waals surface area contributed by atoms with Crippen molar-refractivity contribution in [1.82, 2.24) is 5.32 Å². The van der Waals surface area contributed by atoms with Crippen molar-refractivity contribution in [3.05, 3.63) is 65.2 Å². The van der Waals surface area contributed by atoms with E-state index in [9.17, 15) is 23.2 Å². The molecule has 1 aliphatic rings. The van der Waals surface area contributed by atoms with Crippen LogP contribution in [0.5, 0.6) is 0 Å². The van der Waals surface area contributed by atoms with E-state index in [1.807, 2.05) is 0 Å². The Morgan fingerprint density at radius 2 is 1.78 bits per heavy atom. The fraction of sp³-hybridized carbons (Fsp3) is 0.211. The number of carbonyl (C=O) groups excluding carboxylic acids is 3. The SMILES string of the molecule is O=C(COC(=O)c1ccc(F)c(F)c1)Nc1cccc(C(=O)NC2CC2)c1. The number of halogens is 2. The lowest BCUT2D eigenvalue weighted by molar-refractivity contribution is -0.119. The van der Waals surface area contributed by atoms with Crippen LogP contribution in [0.4, 0.5) is 14.5 Å². The second-order valence-electron chi connectivity index (χ2n) is 6.08. The van der Waals surface area contributed by atoms with E-state index in [4.69, 9.17) is 4.74 Å². The fourth-order valence-corrected chi connectivity index (χ4v) is 2.27. The average Bonchev–Trinajstić information content (AvgIpc) is 3.46. The van der Waals surface area contributed by atoms with Crippen LogP contribution in [0.2, 0.25) is 0 Å². The van der Waals surface area contributed by atoms with Gasteiger partial charge in [0.1, 0.15) is 0 Å². The minimum atomic E-state index is -1.19. The van der Waals surface area contributed by atoms with Gasteiger partial charge in [0.05, 0.1) is 5.56 Å². The third kappa shape index (κ3) is 5.10. The van der Waals surface area contributed by atoms with Crippen molar-refractivity contribution in [1.29, 1.82) is 0 Å². The van der Waals surface area contributed by atoms with Crippen LogP contribution in [-0.4, -0.2) is 30.4 Å². The number of rotatable bonds is 6. The summed E-state index contributed by atoms with van der Waals surface area (Å²) in [6.45, 7) is -0.615. The van der Waals surface area contributed by atoms with Crippen LogP contribution < -0.4 is 10.6 Å². The molecule has 0 heterocycles. The molecule has 8 heteroatoms. The summed E-state index contributed by atoms with van der Waals surface area (Å²) in [4.78, 5) is 35.7. The van der Waals surface area contributed by atoms with E-state index in [0.717, 1.165) is 25.0 Å². The number of ether oxygens (including phenoxy) is 1. The van der Waals surface area contributed by atoms with Gasteiger partial charge in [0.25, 0.3) is 11.8 Å². The lowest BCUT2D eigenvalue weighted by Crippen LogP contribution is -2.25. The van der Waals surface area contributed by atoms with E-state index >= 15 is 0 Å². The van der Waals surface area contributed by atoms with Gasteiger partial charge in [-0.15, -0.1) is 0 Å². The van der Waals surface area contributed by atoms with Gasteiger partial charge >= 0.3 is 5.97 Å². The number of esters is 1. The van der Waals surface area contributed by atoms with Crippen LogP contribution in [0.3, 0.4) is 0 Å². The van der Waals surface area contributed by atoms with Crippen molar-refractivity contribution in [3.8, 4) is 0 Å². The van der Waals surface area contributed by atoms with Gasteiger partial charge in [-0.05, 0) is 49.2 Å². The van der Waals surface area contributed by atoms with Gasteiger partial charge in [-0.25, -0.2) is 13.6 Å². The molecule has 1 fully saturated rings. The normalized spacial score (nSPS) is 13.0. The number of carbonyl (C=O) groups is 3. The molecular formula is C19H16F2N2O4. The molecule has 0 aromatic heterocycles. The van der Waals surface area contributed by atoms with E-state index in [0.29, 0.717) is 17.3 Å². The number of benzene rings is 2. The van der Waals surface area contributed by atoms with Crippen LogP contribution >= 0.6 is 0 Å². The van der Waals surface area contributed by atoms with Gasteiger partial charge in [0.15, 0.2) is 18.2 Å². The maximum Gasteiger partial charge on any atom is 0.338 e. The van der Waals surface area contributed by atoms with Crippen molar-refractivity contribution < 1.29 is 27.9 Å². The standard InChI is InChI=1S/C19H16F2N2O4/c20-15-7-4-12(9-16(15)21)19(26)27-10-17(24)22-14-3-1-2-11(8-14)18(25)23-13-5-6-13/h1-4,7-9,13H,5-6,10H2,(H,22,24)(H,23,25). The Balaban J connectivity index is 1.53. The Hall–Kier alpha value is -3.29. The lowest BCUT2D eigenvalue weighted by atomic mass is 10.2. The average molecular weight is 374 g/mol. The highest BCUT2D eigenvalue weighted by molar-refractivity contribution is 5.98. The fourth-order valence-electron chi connectivity index (χ4n) is 2.27. The maximum absolute atomic E-state index is 13.1. The van der Waals surface area contributed by atoms with Crippen molar-refractivity contribution in [3.63, 3.8) is 0 Å². The molecule has 1 saturated carbocycles. The first-order chi connectivity index (χ1) is 12.9. The van der Waals surface area contributed by atoms with Gasteiger partial charge in [-0.2, -0.15) is 0 Å². The van der Waals surface area contributed by atoms with Crippen LogP contribution in [0.15, 0.2) is 42.5 Å². The van der Waals surface area contributed by atoms with Crippen molar-refractivity contribution in [2.45, 2.75) is 18.9 Å². The highest BCUT2D eigenvalue weighted by atomic mass is 19.2. The summed E-state index contributed by atoms with van der Waals surface area (Å²) in [5, 5.41) is 5.34. The first-order valence-electron chi connectivity index (χ1n) is 8.25. The maximum atomic E-state index is 13.1. The Labute approximate surface area is 153 Å². The number of amides is 2. The predicted octanol–water partition coefficient (Wildman–Crippen LogP) is 2.65. The summed E-state index contributed by atoms with van der Waals surface area (Å²) in [5.74, 6) is -4.09. The quantitative estimate of drug-likeness (QED) is 0.762. The number of hydrogen-bond acceptors (Lipinski definition) is 4. The molecule has 0 bridgehead atoms. The van der Waals surface area contributed by atoms with E-state index in [1.165, 1.54) is 6.07 Å². The summed E-state index contributed by atoms with van der Waals surface area (Å²) < 4.78 is 30.8. The summed E-state index contributed by atoms with van der Waals surface area (Å²) in [6.07, 6.45) is 1.93. The van der Waals surface area contributed by atoms with Gasteiger partial charge in [0.2, 0.25) is 0 Å². The van der Waals surface area contributed by atoms with Crippen LogP contribution in [0.1, 0.15) is 33.6 Å². The second kappa shape index (κ2) is 7.94. The Bertz CT molecular complexity index is 897. The zero-order valence-corrected chi connectivity index (χ0v) is 14.1. The summed E-state index contributed by atoms with van der Waals surface area (Å²) in [5.41, 5.74) is 0.561. The highest BCUT2D eigenvalue weighted by Gasteiger charge is 2.23. The third-order valence-corrected chi connectivity index (χ3v) is 3.81. The molecule has 2 N–H and O–H groups in total. The highest BCUT2D eigenvalue weighted by Crippen LogP contribution is 2.20. The second-order valence-corrected chi connectivity index (χ2v) is 6.08. The Kier molecular flexibility index (Phi) is 5.44. The molecule has 0 radical (unpaired) electrons. The Morgan fingerprint density at radius 3 is 2.48 bits per heavy atom. The molecule has 2 amide bonds. The number of anilines is 1. The molecule has 27 heavy (non-hydrogen) atoms. The summed E-state index contributed by atoms with van der Waals surface area (Å²) >= 11 is 0. The predicted molar refractivity (Wildman–Crippen MR) is 92.2 cm³/mol. The van der Waals surface area contributed by atoms with E-state index in [-0.39, 0.29) is 17.5 Å². The first-order valence-corrected chi connectivity index (χ1v) is 8.25. The van der Waals surface area contributed by atoms with E-state index in [2.05, 4.69) is 10.6 Å². The molecule has 0 aliphatic heterocycles. The van der Waals surface area contributed by atoms with Crippen LogP contribution in [0.25, 0.3) is 0 Å². The van der Waals surface area contributed by atoms with Gasteiger partial charge in [-0.1, -0.05) is 6.07 Å². The smallest absolute Gasteiger partial charge is 0.338 e. The molecule has 3 rings (SSSR count). The molecule has 0 spiro atoms. The van der Waals surface area contributed by atoms with Gasteiger partial charge in [0, 0.05) is 17.3 Å². The molecule has 0 unspecified atom stereocenters. The number of nitrogens with one attached hydrogen (secondary N) is 2. The minimum Gasteiger partial charge on any atom is -0.452 e. The Morgan fingerprint density at radius 1 is 1.00 bits per heavy atom. The molecule has 140 valence electrons. The van der Waals surface area contributed by atoms with Crippen LogP contribution in [-0.2, 0) is 9.53 Å². The topological polar surface area (TPSA) is 84.5 Å². The molecule has 0 atom stereocenters. The summed E-state index contributed by atoms with van der Waals surface area (Å²) in [6, 6.07) is 9.09.